The molecule has 0 saturated carbocycles. The van der Waals surface area contributed by atoms with Crippen molar-refractivity contribution < 1.29 is 0 Å². The number of aryl methyl sites for hydroxylation is 1. The van der Waals surface area contributed by atoms with Crippen molar-refractivity contribution >= 4 is 10.9 Å². The number of benzene rings is 1. The molecule has 2 rings (SSSR count). The van der Waals surface area contributed by atoms with Crippen LogP contribution in [-0.4, -0.2) is 11.1 Å². The molecule has 0 radical (unpaired) electrons. The Hall–Kier alpha value is -1.32. The zero-order chi connectivity index (χ0) is 10.8. The minimum absolute atomic E-state index is 0.0427. The molecule has 0 aliphatic carbocycles. The molecular formula is C12H17N3. The van der Waals surface area contributed by atoms with Gasteiger partial charge in [0.05, 0.1) is 0 Å². The van der Waals surface area contributed by atoms with E-state index in [9.17, 15) is 0 Å². The summed E-state index contributed by atoms with van der Waals surface area (Å²) in [4.78, 5) is 0. The molecule has 2 aromatic rings. The molecule has 0 unspecified atom stereocenters. The summed E-state index contributed by atoms with van der Waals surface area (Å²) in [6.07, 6.45) is 2.93. The van der Waals surface area contributed by atoms with Crippen molar-refractivity contribution in [1.82, 2.24) is 4.57 Å². The van der Waals surface area contributed by atoms with E-state index in [1.54, 1.807) is 0 Å². The number of nitrogens with two attached hydrogens (primary N) is 2. The van der Waals surface area contributed by atoms with E-state index in [0.717, 1.165) is 6.42 Å². The summed E-state index contributed by atoms with van der Waals surface area (Å²) < 4.78 is 2.11. The highest BCUT2D eigenvalue weighted by Crippen LogP contribution is 2.25. The summed E-state index contributed by atoms with van der Waals surface area (Å²) in [5, 5.41) is 1.24. The highest BCUT2D eigenvalue weighted by molar-refractivity contribution is 5.84. The van der Waals surface area contributed by atoms with E-state index in [4.69, 9.17) is 11.5 Å². The Morgan fingerprint density at radius 1 is 1.33 bits per heavy atom. The van der Waals surface area contributed by atoms with Crippen molar-refractivity contribution in [3.63, 3.8) is 0 Å². The molecule has 80 valence electrons. The van der Waals surface area contributed by atoms with Crippen molar-refractivity contribution in [2.75, 3.05) is 6.54 Å². The summed E-state index contributed by atoms with van der Waals surface area (Å²) in [6, 6.07) is 8.34. The zero-order valence-corrected chi connectivity index (χ0v) is 8.98. The van der Waals surface area contributed by atoms with Crippen LogP contribution < -0.4 is 11.5 Å². The molecule has 1 atom stereocenters. The van der Waals surface area contributed by atoms with Crippen molar-refractivity contribution in [3.05, 3.63) is 36.0 Å². The molecule has 0 aliphatic heterocycles. The number of hydrogen-bond donors (Lipinski definition) is 2. The van der Waals surface area contributed by atoms with Gasteiger partial charge in [-0.1, -0.05) is 18.2 Å². The van der Waals surface area contributed by atoms with Gasteiger partial charge in [-0.2, -0.15) is 0 Å². The van der Waals surface area contributed by atoms with Crippen LogP contribution in [0.25, 0.3) is 10.9 Å². The molecule has 15 heavy (non-hydrogen) atoms. The third kappa shape index (κ3) is 1.76. The van der Waals surface area contributed by atoms with Crippen LogP contribution in [0.4, 0.5) is 0 Å². The normalized spacial score (nSPS) is 13.3. The van der Waals surface area contributed by atoms with E-state index in [2.05, 4.69) is 22.9 Å². The van der Waals surface area contributed by atoms with Crippen LogP contribution in [0.15, 0.2) is 30.5 Å². The van der Waals surface area contributed by atoms with E-state index in [1.807, 2.05) is 19.2 Å². The van der Waals surface area contributed by atoms with Gasteiger partial charge >= 0.3 is 0 Å². The summed E-state index contributed by atoms with van der Waals surface area (Å²) in [7, 11) is 2.04. The van der Waals surface area contributed by atoms with E-state index >= 15 is 0 Å². The molecule has 0 amide bonds. The van der Waals surface area contributed by atoms with Crippen LogP contribution in [-0.2, 0) is 7.05 Å². The second-order valence-electron chi connectivity index (χ2n) is 3.90. The standard InChI is InChI=1S/C12H17N3/c1-15-8-10(11(14)6-7-13)9-4-2-3-5-12(9)15/h2-5,8,11H,6-7,13-14H2,1H3/t11-/m1/s1. The second kappa shape index (κ2) is 4.04. The van der Waals surface area contributed by atoms with E-state index in [1.165, 1.54) is 16.5 Å². The Balaban J connectivity index is 2.52. The SMILES string of the molecule is Cn1cc([C@H](N)CCN)c2ccccc21. The largest absolute Gasteiger partial charge is 0.350 e. The molecule has 3 nitrogen and oxygen atoms in total. The van der Waals surface area contributed by atoms with Crippen molar-refractivity contribution in [2.45, 2.75) is 12.5 Å². The minimum Gasteiger partial charge on any atom is -0.350 e. The molecule has 1 heterocycles. The molecule has 0 bridgehead atoms. The number of aromatic nitrogens is 1. The van der Waals surface area contributed by atoms with Gasteiger partial charge in [-0.05, 0) is 24.6 Å². The Labute approximate surface area is 89.7 Å². The van der Waals surface area contributed by atoms with Crippen LogP contribution in [0.2, 0.25) is 0 Å². The highest BCUT2D eigenvalue weighted by Gasteiger charge is 2.11. The smallest absolute Gasteiger partial charge is 0.0481 e. The minimum atomic E-state index is 0.0427. The first-order chi connectivity index (χ1) is 7.24. The molecular weight excluding hydrogens is 186 g/mol. The van der Waals surface area contributed by atoms with E-state index in [-0.39, 0.29) is 6.04 Å². The van der Waals surface area contributed by atoms with Crippen LogP contribution >= 0.6 is 0 Å². The van der Waals surface area contributed by atoms with Gasteiger partial charge in [0.2, 0.25) is 0 Å². The number of nitrogens with zero attached hydrogens (tertiary/aromatic N) is 1. The lowest BCUT2D eigenvalue weighted by atomic mass is 10.0. The van der Waals surface area contributed by atoms with Crippen molar-refractivity contribution in [1.29, 1.82) is 0 Å². The number of hydrogen-bond acceptors (Lipinski definition) is 2. The number of fused-ring (bicyclic) bond motifs is 1. The van der Waals surface area contributed by atoms with Gasteiger partial charge in [0.25, 0.3) is 0 Å². The molecule has 0 spiro atoms. The number of para-hydroxylation sites is 1. The molecule has 1 aromatic heterocycles. The van der Waals surface area contributed by atoms with Crippen LogP contribution in [0, 0.1) is 0 Å². The lowest BCUT2D eigenvalue weighted by Crippen LogP contribution is -2.14. The quantitative estimate of drug-likeness (QED) is 0.794. The van der Waals surface area contributed by atoms with Gasteiger partial charge in [-0.3, -0.25) is 0 Å². The molecule has 4 N–H and O–H groups in total. The fourth-order valence-electron chi connectivity index (χ4n) is 2.00. The van der Waals surface area contributed by atoms with Gasteiger partial charge in [-0.25, -0.2) is 0 Å². The Kier molecular flexibility index (Phi) is 2.75. The maximum absolute atomic E-state index is 6.09. The van der Waals surface area contributed by atoms with Gasteiger partial charge < -0.3 is 16.0 Å². The summed E-state index contributed by atoms with van der Waals surface area (Å²) in [5.41, 5.74) is 14.0. The predicted octanol–water partition coefficient (Wildman–Crippen LogP) is 1.53. The molecule has 0 saturated heterocycles. The highest BCUT2D eigenvalue weighted by atomic mass is 14.9. The first-order valence-electron chi connectivity index (χ1n) is 5.23. The maximum atomic E-state index is 6.09. The Morgan fingerprint density at radius 2 is 2.07 bits per heavy atom. The van der Waals surface area contributed by atoms with Gasteiger partial charge in [0, 0.05) is 30.2 Å². The molecule has 0 fully saturated rings. The van der Waals surface area contributed by atoms with Crippen molar-refractivity contribution in [2.24, 2.45) is 18.5 Å². The maximum Gasteiger partial charge on any atom is 0.0481 e. The first-order valence-corrected chi connectivity index (χ1v) is 5.23. The first kappa shape index (κ1) is 10.2. The Morgan fingerprint density at radius 3 is 2.80 bits per heavy atom. The van der Waals surface area contributed by atoms with Crippen molar-refractivity contribution in [3.8, 4) is 0 Å². The van der Waals surface area contributed by atoms with Crippen LogP contribution in [0.3, 0.4) is 0 Å². The summed E-state index contributed by atoms with van der Waals surface area (Å²) >= 11 is 0. The van der Waals surface area contributed by atoms with Crippen LogP contribution in [0.5, 0.6) is 0 Å². The fourth-order valence-corrected chi connectivity index (χ4v) is 2.00. The van der Waals surface area contributed by atoms with E-state index in [0.29, 0.717) is 6.54 Å². The average Bonchev–Trinajstić information content (AvgIpc) is 2.58. The molecule has 3 heteroatoms. The second-order valence-corrected chi connectivity index (χ2v) is 3.90. The van der Waals surface area contributed by atoms with Crippen LogP contribution in [0.1, 0.15) is 18.0 Å². The lowest BCUT2D eigenvalue weighted by molar-refractivity contribution is 0.663. The monoisotopic (exact) mass is 203 g/mol. The summed E-state index contributed by atoms with van der Waals surface area (Å²) in [5.74, 6) is 0. The number of rotatable bonds is 3. The topological polar surface area (TPSA) is 57.0 Å². The fraction of sp³-hybridized carbons (Fsp3) is 0.333. The lowest BCUT2D eigenvalue weighted by Gasteiger charge is -2.08. The van der Waals surface area contributed by atoms with Gasteiger partial charge in [0.1, 0.15) is 0 Å². The third-order valence-corrected chi connectivity index (χ3v) is 2.80. The third-order valence-electron chi connectivity index (χ3n) is 2.80. The van der Waals surface area contributed by atoms with E-state index < -0.39 is 0 Å². The molecule has 1 aromatic carbocycles. The Bertz CT molecular complexity index is 459. The predicted molar refractivity (Wildman–Crippen MR) is 63.5 cm³/mol. The zero-order valence-electron chi connectivity index (χ0n) is 8.98. The molecule has 0 aliphatic rings. The van der Waals surface area contributed by atoms with Gasteiger partial charge in [-0.15, -0.1) is 0 Å². The van der Waals surface area contributed by atoms with Gasteiger partial charge in [0.15, 0.2) is 0 Å². The average molecular weight is 203 g/mol. The summed E-state index contributed by atoms with van der Waals surface area (Å²) in [6.45, 7) is 0.629.